The number of rotatable bonds is 0. The molecule has 0 radical (unpaired) electrons. The van der Waals surface area contributed by atoms with Crippen molar-refractivity contribution in [1.82, 2.24) is 6.15 Å². The van der Waals surface area contributed by atoms with Gasteiger partial charge in [-0.25, -0.2) is 0 Å². The van der Waals surface area contributed by atoms with Crippen LogP contribution in [0.3, 0.4) is 0 Å². The number of aliphatic hydroxyl groups excluding tert-OH is 2. The van der Waals surface area contributed by atoms with Gasteiger partial charge >= 0.3 is 51.4 Å². The molecule has 3 nitrogen and oxygen atoms in total. The van der Waals surface area contributed by atoms with Gasteiger partial charge in [0.1, 0.15) is 0 Å². The average Bonchev–Trinajstić information content (AvgIpc) is 1.39. The topological polar surface area (TPSA) is 75.5 Å². The summed E-state index contributed by atoms with van der Waals surface area (Å²) in [5, 5.41) is 15.1. The molecule has 8 heavy (non-hydrogen) atoms. The molecule has 0 bridgehead atoms. The van der Waals surface area contributed by atoms with Gasteiger partial charge in [0.25, 0.3) is 0 Å². The Kier molecular flexibility index (Phi) is 110. The van der Waals surface area contributed by atoms with Gasteiger partial charge in [-0.05, 0) is 13.8 Å². The first-order valence-electron chi connectivity index (χ1n) is 2.05. The summed E-state index contributed by atoms with van der Waals surface area (Å²) in [4.78, 5) is 0. The van der Waals surface area contributed by atoms with Crippen LogP contribution in [0.1, 0.15) is 13.8 Å². The summed E-state index contributed by atoms with van der Waals surface area (Å²) in [5.41, 5.74) is 0. The van der Waals surface area contributed by atoms with Crippen LogP contribution in [-0.4, -0.2) is 74.8 Å². The van der Waals surface area contributed by atoms with Crippen molar-refractivity contribution in [2.45, 2.75) is 13.8 Å². The first-order valence-corrected chi connectivity index (χ1v) is 2.05. The van der Waals surface area contributed by atoms with Gasteiger partial charge in [0, 0.05) is 13.2 Å². The van der Waals surface area contributed by atoms with Crippen molar-refractivity contribution in [2.24, 2.45) is 0 Å². The molecule has 0 saturated carbocycles. The minimum atomic E-state index is 0. The fourth-order valence-electron chi connectivity index (χ4n) is 0. The van der Waals surface area contributed by atoms with E-state index in [1.54, 1.807) is 13.8 Å². The van der Waals surface area contributed by atoms with Gasteiger partial charge in [0.2, 0.25) is 0 Å². The molecule has 0 spiro atoms. The molecule has 0 aromatic rings. The Morgan fingerprint density at radius 1 is 1.00 bits per heavy atom. The van der Waals surface area contributed by atoms with E-state index in [9.17, 15) is 0 Å². The summed E-state index contributed by atoms with van der Waals surface area (Å²) >= 11 is 0. The van der Waals surface area contributed by atoms with Gasteiger partial charge in [-0.3, -0.25) is 0 Å². The molecule has 0 unspecified atom stereocenters. The zero-order chi connectivity index (χ0) is 5.41. The van der Waals surface area contributed by atoms with Crippen LogP contribution in [0, 0.1) is 0 Å². The molecule has 0 amide bonds. The number of hydrogen-bond donors (Lipinski definition) is 3. The van der Waals surface area contributed by atoms with Gasteiger partial charge in [0.15, 0.2) is 0 Å². The zero-order valence-electron chi connectivity index (χ0n) is 5.02. The van der Waals surface area contributed by atoms with Crippen LogP contribution in [0.15, 0.2) is 0 Å². The van der Waals surface area contributed by atoms with Crippen molar-refractivity contribution in [3.63, 3.8) is 0 Å². The van der Waals surface area contributed by atoms with E-state index in [-0.39, 0.29) is 70.7 Å². The molecule has 0 aliphatic heterocycles. The van der Waals surface area contributed by atoms with E-state index in [0.717, 1.165) is 0 Å². The third-order valence-corrected chi connectivity index (χ3v) is 0. The van der Waals surface area contributed by atoms with Crippen LogP contribution >= 0.6 is 0 Å². The molecule has 50 valence electrons. The maximum absolute atomic E-state index is 7.57. The zero-order valence-corrected chi connectivity index (χ0v) is 5.02. The number of hydrogen-bond acceptors (Lipinski definition) is 3. The summed E-state index contributed by atoms with van der Waals surface area (Å²) in [7, 11) is 0. The van der Waals surface area contributed by atoms with Gasteiger partial charge < -0.3 is 16.4 Å². The SMILES string of the molecule is CCO.CCO.N.[KH]. The van der Waals surface area contributed by atoms with Crippen molar-refractivity contribution in [3.05, 3.63) is 0 Å². The molecule has 0 atom stereocenters. The average molecular weight is 149 g/mol. The molecule has 0 fully saturated rings. The molecule has 0 heterocycles. The fraction of sp³-hybridized carbons (Fsp3) is 1.00. The number of aliphatic hydroxyl groups is 2. The van der Waals surface area contributed by atoms with E-state index in [1.807, 2.05) is 0 Å². The predicted molar refractivity (Wildman–Crippen MR) is 37.7 cm³/mol. The van der Waals surface area contributed by atoms with E-state index in [0.29, 0.717) is 0 Å². The first-order chi connectivity index (χ1) is 2.83. The van der Waals surface area contributed by atoms with Crippen molar-refractivity contribution in [3.8, 4) is 0 Å². The third kappa shape index (κ3) is 139. The van der Waals surface area contributed by atoms with E-state index < -0.39 is 0 Å². The van der Waals surface area contributed by atoms with E-state index in [1.165, 1.54) is 0 Å². The molecule has 0 aromatic heterocycles. The van der Waals surface area contributed by atoms with E-state index in [4.69, 9.17) is 10.2 Å². The Morgan fingerprint density at radius 3 is 1.00 bits per heavy atom. The normalized spacial score (nSPS) is 4.50. The Bertz CT molecular complexity index is 16.0. The second-order valence-electron chi connectivity index (χ2n) is 0.632. The quantitative estimate of drug-likeness (QED) is 0.407. The Hall–Kier alpha value is 1.52. The van der Waals surface area contributed by atoms with Gasteiger partial charge in [-0.15, -0.1) is 0 Å². The van der Waals surface area contributed by atoms with Crippen molar-refractivity contribution < 1.29 is 10.2 Å². The van der Waals surface area contributed by atoms with Crippen LogP contribution in [0.4, 0.5) is 0 Å². The Balaban J connectivity index is -0.0000000160. The fourth-order valence-corrected chi connectivity index (χ4v) is 0. The Morgan fingerprint density at radius 2 is 1.00 bits per heavy atom. The molecule has 0 rings (SSSR count). The first kappa shape index (κ1) is 22.7. The van der Waals surface area contributed by atoms with Crippen LogP contribution in [-0.2, 0) is 0 Å². The molecular weight excluding hydrogens is 133 g/mol. The molecular formula is C4H16KNO2. The third-order valence-electron chi connectivity index (χ3n) is 0. The van der Waals surface area contributed by atoms with E-state index in [2.05, 4.69) is 0 Å². The van der Waals surface area contributed by atoms with Crippen molar-refractivity contribution >= 4 is 51.4 Å². The second-order valence-corrected chi connectivity index (χ2v) is 0.632. The molecule has 5 N–H and O–H groups in total. The van der Waals surface area contributed by atoms with Gasteiger partial charge in [-0.2, -0.15) is 0 Å². The molecule has 0 aliphatic carbocycles. The van der Waals surface area contributed by atoms with Crippen molar-refractivity contribution in [2.75, 3.05) is 13.2 Å². The van der Waals surface area contributed by atoms with Crippen LogP contribution in [0.5, 0.6) is 0 Å². The van der Waals surface area contributed by atoms with Crippen molar-refractivity contribution in [1.29, 1.82) is 0 Å². The standard InChI is InChI=1S/2C2H6O.K.H3N.H/c2*1-2-3;;;/h2*3H,2H2,1H3;;1H3;. The summed E-state index contributed by atoms with van der Waals surface area (Å²) in [6.07, 6.45) is 0. The van der Waals surface area contributed by atoms with E-state index >= 15 is 0 Å². The summed E-state index contributed by atoms with van der Waals surface area (Å²) in [6, 6.07) is 0. The molecule has 0 aliphatic rings. The summed E-state index contributed by atoms with van der Waals surface area (Å²) in [6.45, 7) is 3.86. The second kappa shape index (κ2) is 38.9. The minimum absolute atomic E-state index is 0. The van der Waals surface area contributed by atoms with Gasteiger partial charge in [-0.1, -0.05) is 0 Å². The van der Waals surface area contributed by atoms with Crippen LogP contribution < -0.4 is 6.15 Å². The van der Waals surface area contributed by atoms with Crippen LogP contribution in [0.25, 0.3) is 0 Å². The molecule has 0 saturated heterocycles. The summed E-state index contributed by atoms with van der Waals surface area (Å²) < 4.78 is 0. The summed E-state index contributed by atoms with van der Waals surface area (Å²) in [5.74, 6) is 0. The Labute approximate surface area is 93.5 Å². The predicted octanol–water partition coefficient (Wildman–Crippen LogP) is -0.489. The monoisotopic (exact) mass is 149 g/mol. The van der Waals surface area contributed by atoms with Gasteiger partial charge in [0.05, 0.1) is 0 Å². The maximum atomic E-state index is 7.57. The van der Waals surface area contributed by atoms with Crippen LogP contribution in [0.2, 0.25) is 0 Å². The molecule has 4 heteroatoms. The molecule has 0 aromatic carbocycles.